The second-order valence-corrected chi connectivity index (χ2v) is 4.20. The van der Waals surface area contributed by atoms with Crippen molar-refractivity contribution in [2.24, 2.45) is 0 Å². The van der Waals surface area contributed by atoms with Crippen LogP contribution in [-0.4, -0.2) is 0 Å². The Morgan fingerprint density at radius 2 is 2.44 bits per heavy atom. The van der Waals surface area contributed by atoms with Crippen LogP contribution < -0.4 is 0 Å². The van der Waals surface area contributed by atoms with E-state index in [1.165, 1.54) is 22.2 Å². The number of halogens is 1. The van der Waals surface area contributed by atoms with E-state index in [0.29, 0.717) is 0 Å². The van der Waals surface area contributed by atoms with Gasteiger partial charge in [-0.15, -0.1) is 11.3 Å². The van der Waals surface area contributed by atoms with Crippen molar-refractivity contribution in [1.29, 1.82) is 0 Å². The van der Waals surface area contributed by atoms with Gasteiger partial charge < -0.3 is 0 Å². The average molecular weight is 205 g/mol. The predicted octanol–water partition coefficient (Wildman–Crippen LogP) is 3.46. The molecule has 2 heteroatoms. The molecule has 0 aliphatic rings. The highest BCUT2D eigenvalue weighted by Gasteiger charge is 1.96. The van der Waals surface area contributed by atoms with Crippen molar-refractivity contribution in [2.75, 3.05) is 0 Å². The van der Waals surface area contributed by atoms with Crippen LogP contribution in [0.15, 0.2) is 15.2 Å². The summed E-state index contributed by atoms with van der Waals surface area (Å²) in [6, 6.07) is 2.18. The van der Waals surface area contributed by atoms with Gasteiger partial charge in [-0.3, -0.25) is 0 Å². The molecule has 0 saturated carbocycles. The molecule has 0 bridgehead atoms. The van der Waals surface area contributed by atoms with Crippen LogP contribution in [0.5, 0.6) is 0 Å². The fourth-order valence-corrected chi connectivity index (χ4v) is 2.10. The van der Waals surface area contributed by atoms with Gasteiger partial charge in [0.1, 0.15) is 0 Å². The molecule has 0 unspecified atom stereocenters. The molecule has 0 aliphatic heterocycles. The quantitative estimate of drug-likeness (QED) is 0.693. The maximum absolute atomic E-state index is 3.49. The van der Waals surface area contributed by atoms with Crippen LogP contribution >= 0.6 is 27.3 Å². The maximum Gasteiger partial charge on any atom is 0.0730 e. The number of thiophene rings is 1. The van der Waals surface area contributed by atoms with Gasteiger partial charge in [-0.25, -0.2) is 0 Å². The highest BCUT2D eigenvalue weighted by molar-refractivity contribution is 9.11. The van der Waals surface area contributed by atoms with Crippen molar-refractivity contribution in [2.45, 2.75) is 19.8 Å². The molecule has 9 heavy (non-hydrogen) atoms. The van der Waals surface area contributed by atoms with Crippen LogP contribution in [0.3, 0.4) is 0 Å². The highest BCUT2D eigenvalue weighted by atomic mass is 79.9. The second kappa shape index (κ2) is 3.37. The molecule has 50 valence electrons. The molecule has 0 aliphatic carbocycles. The van der Waals surface area contributed by atoms with Gasteiger partial charge in [0.2, 0.25) is 0 Å². The zero-order valence-corrected chi connectivity index (χ0v) is 7.76. The van der Waals surface area contributed by atoms with Crippen LogP contribution in [0.1, 0.15) is 18.9 Å². The molecule has 0 atom stereocenters. The van der Waals surface area contributed by atoms with Gasteiger partial charge in [-0.05, 0) is 39.4 Å². The van der Waals surface area contributed by atoms with E-state index in [1.54, 1.807) is 11.3 Å². The van der Waals surface area contributed by atoms with Crippen molar-refractivity contribution in [3.8, 4) is 0 Å². The van der Waals surface area contributed by atoms with Gasteiger partial charge in [-0.1, -0.05) is 13.3 Å². The van der Waals surface area contributed by atoms with Gasteiger partial charge in [0.05, 0.1) is 3.79 Å². The summed E-state index contributed by atoms with van der Waals surface area (Å²) in [6.45, 7) is 2.20. The SMILES string of the molecule is CCCc1ccsc1Br. The van der Waals surface area contributed by atoms with Crippen molar-refractivity contribution in [3.63, 3.8) is 0 Å². The molecule has 1 aromatic rings. The van der Waals surface area contributed by atoms with Crippen molar-refractivity contribution >= 4 is 27.3 Å². The first-order valence-corrected chi connectivity index (χ1v) is 4.73. The summed E-state index contributed by atoms with van der Waals surface area (Å²) in [7, 11) is 0. The molecule has 0 aromatic carbocycles. The first-order valence-electron chi connectivity index (χ1n) is 3.06. The van der Waals surface area contributed by atoms with Gasteiger partial charge >= 0.3 is 0 Å². The Kier molecular flexibility index (Phi) is 2.73. The second-order valence-electron chi connectivity index (χ2n) is 1.97. The zero-order chi connectivity index (χ0) is 6.69. The number of hydrogen-bond donors (Lipinski definition) is 0. The lowest BCUT2D eigenvalue weighted by atomic mass is 10.2. The monoisotopic (exact) mass is 204 g/mol. The molecule has 0 spiro atoms. The lowest BCUT2D eigenvalue weighted by molar-refractivity contribution is 0.923. The summed E-state index contributed by atoms with van der Waals surface area (Å²) in [5.74, 6) is 0. The van der Waals surface area contributed by atoms with E-state index < -0.39 is 0 Å². The molecule has 0 fully saturated rings. The summed E-state index contributed by atoms with van der Waals surface area (Å²) in [5.41, 5.74) is 1.45. The van der Waals surface area contributed by atoms with Crippen LogP contribution in [0.25, 0.3) is 0 Å². The minimum absolute atomic E-state index is 1.20. The first-order chi connectivity index (χ1) is 4.34. The molecular formula is C7H9BrS. The highest BCUT2D eigenvalue weighted by Crippen LogP contribution is 2.24. The summed E-state index contributed by atoms with van der Waals surface area (Å²) < 4.78 is 1.30. The summed E-state index contributed by atoms with van der Waals surface area (Å²) in [6.07, 6.45) is 2.43. The van der Waals surface area contributed by atoms with E-state index in [1.807, 2.05) is 0 Å². The summed E-state index contributed by atoms with van der Waals surface area (Å²) in [4.78, 5) is 0. The largest absolute Gasteiger partial charge is 0.137 e. The molecule has 0 amide bonds. The Bertz CT molecular complexity index is 181. The Morgan fingerprint density at radius 1 is 1.67 bits per heavy atom. The van der Waals surface area contributed by atoms with Crippen LogP contribution in [-0.2, 0) is 6.42 Å². The molecule has 0 N–H and O–H groups in total. The molecule has 1 rings (SSSR count). The van der Waals surface area contributed by atoms with Crippen LogP contribution in [0.2, 0.25) is 0 Å². The van der Waals surface area contributed by atoms with Gasteiger partial charge in [0.15, 0.2) is 0 Å². The van der Waals surface area contributed by atoms with Gasteiger partial charge in [0, 0.05) is 0 Å². The first kappa shape index (κ1) is 7.29. The van der Waals surface area contributed by atoms with E-state index in [0.717, 1.165) is 0 Å². The molecule has 0 nitrogen and oxygen atoms in total. The lowest BCUT2D eigenvalue weighted by Gasteiger charge is -1.91. The third-order valence-electron chi connectivity index (χ3n) is 1.21. The van der Waals surface area contributed by atoms with Gasteiger partial charge in [0.25, 0.3) is 0 Å². The normalized spacial score (nSPS) is 10.0. The van der Waals surface area contributed by atoms with E-state index >= 15 is 0 Å². The number of aryl methyl sites for hydroxylation is 1. The molecular weight excluding hydrogens is 196 g/mol. The average Bonchev–Trinajstić information content (AvgIpc) is 2.18. The summed E-state index contributed by atoms with van der Waals surface area (Å²) >= 11 is 5.25. The predicted molar refractivity (Wildman–Crippen MR) is 46.0 cm³/mol. The molecule has 1 heterocycles. The number of hydrogen-bond acceptors (Lipinski definition) is 1. The van der Waals surface area contributed by atoms with Crippen molar-refractivity contribution in [3.05, 3.63) is 20.8 Å². The van der Waals surface area contributed by atoms with E-state index in [9.17, 15) is 0 Å². The van der Waals surface area contributed by atoms with Crippen molar-refractivity contribution < 1.29 is 0 Å². The summed E-state index contributed by atoms with van der Waals surface area (Å²) in [5, 5.41) is 2.12. The lowest BCUT2D eigenvalue weighted by Crippen LogP contribution is -1.76. The smallest absolute Gasteiger partial charge is 0.0730 e. The molecule has 0 radical (unpaired) electrons. The van der Waals surface area contributed by atoms with E-state index in [4.69, 9.17) is 0 Å². The fourth-order valence-electron chi connectivity index (χ4n) is 0.768. The third kappa shape index (κ3) is 1.80. The Morgan fingerprint density at radius 3 is 2.89 bits per heavy atom. The Balaban J connectivity index is 2.69. The minimum atomic E-state index is 1.20. The minimum Gasteiger partial charge on any atom is -0.137 e. The standard InChI is InChI=1S/C7H9BrS/c1-2-3-6-4-5-9-7(6)8/h4-5H,2-3H2,1H3. The van der Waals surface area contributed by atoms with E-state index in [2.05, 4.69) is 34.3 Å². The molecule has 0 saturated heterocycles. The fraction of sp³-hybridized carbons (Fsp3) is 0.429. The molecule has 1 aromatic heterocycles. The third-order valence-corrected chi connectivity index (χ3v) is 3.02. The Labute approximate surface area is 68.0 Å². The van der Waals surface area contributed by atoms with Crippen LogP contribution in [0.4, 0.5) is 0 Å². The van der Waals surface area contributed by atoms with E-state index in [-0.39, 0.29) is 0 Å². The maximum atomic E-state index is 3.49. The number of rotatable bonds is 2. The Hall–Kier alpha value is 0.180. The van der Waals surface area contributed by atoms with Crippen LogP contribution in [0, 0.1) is 0 Å². The van der Waals surface area contributed by atoms with Crippen molar-refractivity contribution in [1.82, 2.24) is 0 Å². The topological polar surface area (TPSA) is 0 Å². The zero-order valence-electron chi connectivity index (χ0n) is 5.36. The van der Waals surface area contributed by atoms with Gasteiger partial charge in [-0.2, -0.15) is 0 Å².